The summed E-state index contributed by atoms with van der Waals surface area (Å²) in [6.07, 6.45) is 4.72. The van der Waals surface area contributed by atoms with Gasteiger partial charge in [0, 0.05) is 103 Å². The number of aldehydes is 1. The molecule has 4 aromatic rings. The van der Waals surface area contributed by atoms with Gasteiger partial charge in [0.2, 0.25) is 21.4 Å². The summed E-state index contributed by atoms with van der Waals surface area (Å²) in [5.74, 6) is -4.63. The van der Waals surface area contributed by atoms with Crippen molar-refractivity contribution in [3.63, 3.8) is 0 Å². The molecule has 3 atom stereocenters. The van der Waals surface area contributed by atoms with Crippen molar-refractivity contribution in [3.05, 3.63) is 87.0 Å². The van der Waals surface area contributed by atoms with Crippen LogP contribution in [0.15, 0.2) is 58.6 Å². The number of hydrogen-bond acceptors (Lipinski definition) is 17. The minimum atomic E-state index is -4.22. The van der Waals surface area contributed by atoms with Crippen LogP contribution >= 0.6 is 0 Å². The largest absolute Gasteiger partial charge is 0.480 e. The molecule has 2 unspecified atom stereocenters. The number of carbonyl (C=O) groups is 7. The number of H-pyrrole nitrogens is 1. The monoisotopic (exact) mass is 1080 g/mol. The molecule has 25 nitrogen and oxygen atoms in total. The maximum Gasteiger partial charge on any atom is 0.317 e. The SMILES string of the molecule is CC[C@H](NC(C=O)N1CCN(CC(=O)O)CCN(CC(=O)O)CCN(CC(=O)O)CC1)C(=O)NCCCn1cc(C(=O)NCC(NS(=O)(=O)c2c(C)cc(C)cc2C)C(C)=O)c(=O)c2ccc(CNc3ncc[nH]3)cc21. The number of Topliss-reactive ketones (excluding diaryl/α,β-unsaturated/α-hetero) is 1. The van der Waals surface area contributed by atoms with Crippen LogP contribution in [0.2, 0.25) is 0 Å². The van der Waals surface area contributed by atoms with E-state index >= 15 is 0 Å². The highest BCUT2D eigenvalue weighted by Gasteiger charge is 2.29. The number of hydrogen-bond donors (Lipinski definition) is 9. The van der Waals surface area contributed by atoms with Gasteiger partial charge < -0.3 is 45.6 Å². The molecule has 2 amide bonds. The van der Waals surface area contributed by atoms with E-state index in [2.05, 4.69) is 36.0 Å². The van der Waals surface area contributed by atoms with Gasteiger partial charge in [0.1, 0.15) is 17.5 Å². The number of carboxylic acid groups (broad SMARTS) is 3. The normalized spacial score (nSPS) is 15.9. The second-order valence-corrected chi connectivity index (χ2v) is 20.5. The summed E-state index contributed by atoms with van der Waals surface area (Å²) in [6, 6.07) is 6.26. The van der Waals surface area contributed by atoms with E-state index < -0.39 is 75.8 Å². The maximum atomic E-state index is 14.0. The molecule has 2 aromatic carbocycles. The summed E-state index contributed by atoms with van der Waals surface area (Å²) in [7, 11) is -4.22. The number of ketones is 1. The Hall–Kier alpha value is -6.94. The van der Waals surface area contributed by atoms with Gasteiger partial charge in [-0.25, -0.2) is 13.4 Å². The highest BCUT2D eigenvalue weighted by molar-refractivity contribution is 7.89. The zero-order chi connectivity index (χ0) is 55.7. The molecule has 9 N–H and O–H groups in total. The van der Waals surface area contributed by atoms with Gasteiger partial charge in [-0.15, -0.1) is 0 Å². The van der Waals surface area contributed by atoms with Crippen LogP contribution in [0.5, 0.6) is 0 Å². The van der Waals surface area contributed by atoms with Gasteiger partial charge in [-0.1, -0.05) is 30.7 Å². The molecule has 1 saturated heterocycles. The van der Waals surface area contributed by atoms with Gasteiger partial charge in [0.05, 0.1) is 42.1 Å². The number of nitrogens with one attached hydrogen (secondary N) is 6. The Morgan fingerprint density at radius 1 is 0.816 bits per heavy atom. The fourth-order valence-electron chi connectivity index (χ4n) is 9.11. The third-order valence-electron chi connectivity index (χ3n) is 12.9. The highest BCUT2D eigenvalue weighted by Crippen LogP contribution is 2.22. The number of benzene rings is 2. The molecule has 3 heterocycles. The van der Waals surface area contributed by atoms with E-state index in [0.717, 1.165) is 11.1 Å². The molecule has 0 spiro atoms. The van der Waals surface area contributed by atoms with Crippen molar-refractivity contribution in [2.45, 2.75) is 83.7 Å². The second kappa shape index (κ2) is 28.3. The number of amides is 2. The first-order valence-electron chi connectivity index (χ1n) is 24.9. The summed E-state index contributed by atoms with van der Waals surface area (Å²) >= 11 is 0. The van der Waals surface area contributed by atoms with Crippen molar-refractivity contribution in [2.24, 2.45) is 0 Å². The van der Waals surface area contributed by atoms with Crippen LogP contribution in [-0.2, 0) is 51.9 Å². The molecular weight excluding hydrogens is 1010 g/mol. The number of aliphatic carboxylic acids is 3. The number of pyridine rings is 1. The summed E-state index contributed by atoms with van der Waals surface area (Å²) in [5, 5.41) is 40.7. The number of nitrogens with zero attached hydrogens (tertiary/aromatic N) is 6. The van der Waals surface area contributed by atoms with Crippen molar-refractivity contribution in [3.8, 4) is 0 Å². The number of imidazole rings is 1. The van der Waals surface area contributed by atoms with E-state index in [1.807, 2.05) is 6.92 Å². The molecule has 76 heavy (non-hydrogen) atoms. The quantitative estimate of drug-likeness (QED) is 0.0290. The molecule has 5 rings (SSSR count). The van der Waals surface area contributed by atoms with E-state index in [9.17, 15) is 62.1 Å². The van der Waals surface area contributed by atoms with E-state index in [4.69, 9.17) is 0 Å². The Kier molecular flexibility index (Phi) is 22.3. The molecule has 0 bridgehead atoms. The number of fused-ring (bicyclic) bond motifs is 1. The van der Waals surface area contributed by atoms with Gasteiger partial charge in [0.25, 0.3) is 5.91 Å². The Balaban J connectivity index is 1.31. The Bertz CT molecular complexity index is 2820. The highest BCUT2D eigenvalue weighted by atomic mass is 32.2. The van der Waals surface area contributed by atoms with Crippen LogP contribution in [0.4, 0.5) is 5.95 Å². The van der Waals surface area contributed by atoms with E-state index in [1.165, 1.54) is 13.1 Å². The zero-order valence-corrected chi connectivity index (χ0v) is 44.3. The molecule has 1 aliphatic heterocycles. The van der Waals surface area contributed by atoms with E-state index in [0.29, 0.717) is 35.4 Å². The number of rotatable bonds is 26. The van der Waals surface area contributed by atoms with E-state index in [-0.39, 0.29) is 114 Å². The maximum absolute atomic E-state index is 14.0. The molecule has 0 radical (unpaired) electrons. The Morgan fingerprint density at radius 2 is 1.39 bits per heavy atom. The number of aromatic amines is 1. The fraction of sp³-hybridized carbons (Fsp3) is 0.500. The van der Waals surface area contributed by atoms with Crippen molar-refractivity contribution >= 4 is 68.7 Å². The lowest BCUT2D eigenvalue weighted by Gasteiger charge is -2.36. The number of sulfonamides is 1. The van der Waals surface area contributed by atoms with Crippen LogP contribution in [-0.4, -0.2) is 203 Å². The van der Waals surface area contributed by atoms with Gasteiger partial charge in [-0.05, 0) is 69.4 Å². The van der Waals surface area contributed by atoms with Crippen LogP contribution in [0, 0.1) is 20.8 Å². The lowest BCUT2D eigenvalue weighted by atomic mass is 10.1. The number of aromatic nitrogens is 3. The van der Waals surface area contributed by atoms with Crippen LogP contribution < -0.4 is 31.4 Å². The Labute approximate surface area is 440 Å². The fourth-order valence-corrected chi connectivity index (χ4v) is 10.8. The molecule has 414 valence electrons. The summed E-state index contributed by atoms with van der Waals surface area (Å²) in [5.41, 5.74) is 2.17. The first kappa shape index (κ1) is 59.9. The number of carboxylic acids is 3. The molecular formula is C50H70N12O13S. The first-order valence-corrected chi connectivity index (χ1v) is 26.4. The van der Waals surface area contributed by atoms with Gasteiger partial charge in [0.15, 0.2) is 12.2 Å². The van der Waals surface area contributed by atoms with Gasteiger partial charge >= 0.3 is 17.9 Å². The molecule has 0 aliphatic carbocycles. The average Bonchev–Trinajstić information content (AvgIpc) is 3.88. The third-order valence-corrected chi connectivity index (χ3v) is 14.7. The van der Waals surface area contributed by atoms with Crippen molar-refractivity contribution in [1.29, 1.82) is 0 Å². The lowest BCUT2D eigenvalue weighted by molar-refractivity contribution is -0.140. The van der Waals surface area contributed by atoms with Gasteiger partial charge in [-0.3, -0.25) is 58.5 Å². The summed E-state index contributed by atoms with van der Waals surface area (Å²) in [6.45, 7) is 8.52. The van der Waals surface area contributed by atoms with Gasteiger partial charge in [-0.2, -0.15) is 4.72 Å². The lowest BCUT2D eigenvalue weighted by Crippen LogP contribution is -2.58. The summed E-state index contributed by atoms with van der Waals surface area (Å²) < 4.78 is 31.3. The molecule has 1 aliphatic rings. The van der Waals surface area contributed by atoms with Crippen LogP contribution in [0.3, 0.4) is 0 Å². The topological polar surface area (TPSA) is 338 Å². The third kappa shape index (κ3) is 17.6. The minimum absolute atomic E-state index is 0.0187. The van der Waals surface area contributed by atoms with Crippen LogP contribution in [0.25, 0.3) is 10.9 Å². The average molecular weight is 1080 g/mol. The minimum Gasteiger partial charge on any atom is -0.480 e. The molecule has 0 saturated carbocycles. The van der Waals surface area contributed by atoms with Crippen LogP contribution in [0.1, 0.15) is 59.3 Å². The first-order chi connectivity index (χ1) is 36.1. The van der Waals surface area contributed by atoms with Crippen molar-refractivity contribution in [2.75, 3.05) is 90.4 Å². The summed E-state index contributed by atoms with van der Waals surface area (Å²) in [4.78, 5) is 116. The molecule has 1 fully saturated rings. The Morgan fingerprint density at radius 3 is 1.91 bits per heavy atom. The van der Waals surface area contributed by atoms with Crippen molar-refractivity contribution < 1.29 is 57.3 Å². The zero-order valence-electron chi connectivity index (χ0n) is 43.5. The molecule has 2 aromatic heterocycles. The predicted octanol–water partition coefficient (Wildman–Crippen LogP) is -0.197. The standard InChI is InChI=1S/C50H70N12O13S/c1-6-39(56-42(31-63)61-20-18-59(29-44(67)68)16-14-58(28-43(65)66)15-17-60(19-21-61)30-45(69)70)49(73)51-10-7-13-62-27-38(46(71)37-9-8-36(24-41(37)62)25-55-50-52-11-12-53-50)48(72)54-26-40(35(5)64)57-76(74,75)47-33(3)22-32(2)23-34(47)4/h8-9,11-12,22-24,27,31,39-40,42,56-57H,6-7,10,13-21,25-26,28-30H2,1-5H3,(H,51,73)(H,54,72)(H,65,66)(H,67,68)(H,69,70)(H2,52,53,55)/t39-,40?,42?/m0/s1. The molecule has 26 heteroatoms. The number of carbonyl (C=O) groups excluding carboxylic acids is 4. The smallest absolute Gasteiger partial charge is 0.317 e. The second-order valence-electron chi connectivity index (χ2n) is 18.8. The number of anilines is 1. The number of aryl methyl sites for hydroxylation is 4. The predicted molar refractivity (Wildman–Crippen MR) is 280 cm³/mol. The van der Waals surface area contributed by atoms with Crippen molar-refractivity contribution in [1.82, 2.24) is 54.8 Å². The van der Waals surface area contributed by atoms with E-state index in [1.54, 1.807) is 87.7 Å².